The largest absolute Gasteiger partial charge is 0.340 e. The monoisotopic (exact) mass is 291 g/mol. The summed E-state index contributed by atoms with van der Waals surface area (Å²) in [5.41, 5.74) is 3.61. The molecule has 22 heavy (non-hydrogen) atoms. The van der Waals surface area contributed by atoms with Gasteiger partial charge in [-0.2, -0.15) is 0 Å². The molecule has 0 unspecified atom stereocenters. The minimum Gasteiger partial charge on any atom is -0.340 e. The van der Waals surface area contributed by atoms with Gasteiger partial charge in [-0.05, 0) is 50.2 Å². The number of aromatic nitrogens is 1. The third-order valence-corrected chi connectivity index (χ3v) is 3.61. The molecule has 0 aliphatic heterocycles. The number of pyridine rings is 1. The van der Waals surface area contributed by atoms with Gasteiger partial charge in [-0.3, -0.25) is 0 Å². The van der Waals surface area contributed by atoms with Gasteiger partial charge >= 0.3 is 0 Å². The Bertz CT molecular complexity index is 794. The van der Waals surface area contributed by atoms with Crippen LogP contribution in [-0.4, -0.2) is 24.0 Å². The highest BCUT2D eigenvalue weighted by molar-refractivity contribution is 5.93. The Balaban J connectivity index is 1.93. The number of fused-ring (bicyclic) bond motifs is 1. The number of benzene rings is 2. The quantitative estimate of drug-likeness (QED) is 0.774. The molecule has 0 saturated carbocycles. The summed E-state index contributed by atoms with van der Waals surface area (Å²) in [7, 11) is 4.16. The summed E-state index contributed by atoms with van der Waals surface area (Å²) in [4.78, 5) is 6.67. The summed E-state index contributed by atoms with van der Waals surface area (Å²) >= 11 is 0. The van der Waals surface area contributed by atoms with Crippen molar-refractivity contribution in [3.05, 3.63) is 65.9 Å². The maximum atomic E-state index is 4.50. The third-order valence-electron chi connectivity index (χ3n) is 3.61. The van der Waals surface area contributed by atoms with Crippen LogP contribution in [0.15, 0.2) is 54.7 Å². The van der Waals surface area contributed by atoms with Gasteiger partial charge < -0.3 is 10.2 Å². The maximum Gasteiger partial charge on any atom is 0.138 e. The molecular formula is C19H21N3. The highest BCUT2D eigenvalue weighted by atomic mass is 15.0. The first kappa shape index (κ1) is 14.5. The lowest BCUT2D eigenvalue weighted by molar-refractivity contribution is 0.402. The molecule has 0 aliphatic carbocycles. The van der Waals surface area contributed by atoms with Crippen LogP contribution >= 0.6 is 0 Å². The number of nitrogens with zero attached hydrogens (tertiary/aromatic N) is 2. The van der Waals surface area contributed by atoms with Crippen molar-refractivity contribution in [1.82, 2.24) is 9.88 Å². The SMILES string of the molecule is Cc1ccc2c(Nc3cccc(CN(C)C)c3)nccc2c1. The van der Waals surface area contributed by atoms with E-state index in [9.17, 15) is 0 Å². The van der Waals surface area contributed by atoms with Gasteiger partial charge in [0, 0.05) is 23.8 Å². The minimum atomic E-state index is 0.902. The van der Waals surface area contributed by atoms with E-state index in [1.54, 1.807) is 0 Å². The number of anilines is 2. The zero-order valence-corrected chi connectivity index (χ0v) is 13.3. The molecule has 0 atom stereocenters. The summed E-state index contributed by atoms with van der Waals surface area (Å²) in [5, 5.41) is 5.81. The predicted molar refractivity (Wildman–Crippen MR) is 93.6 cm³/mol. The van der Waals surface area contributed by atoms with E-state index in [4.69, 9.17) is 0 Å². The van der Waals surface area contributed by atoms with Gasteiger partial charge in [-0.15, -0.1) is 0 Å². The van der Waals surface area contributed by atoms with Crippen molar-refractivity contribution in [2.75, 3.05) is 19.4 Å². The fourth-order valence-corrected chi connectivity index (χ4v) is 2.65. The van der Waals surface area contributed by atoms with E-state index in [0.29, 0.717) is 0 Å². The summed E-state index contributed by atoms with van der Waals surface area (Å²) < 4.78 is 0. The Labute approximate surface area is 131 Å². The molecule has 3 heteroatoms. The van der Waals surface area contributed by atoms with E-state index in [1.165, 1.54) is 16.5 Å². The summed E-state index contributed by atoms with van der Waals surface area (Å²) in [5.74, 6) is 0.902. The zero-order chi connectivity index (χ0) is 15.5. The molecule has 2 aromatic carbocycles. The topological polar surface area (TPSA) is 28.2 Å². The Hall–Kier alpha value is -2.39. The second-order valence-electron chi connectivity index (χ2n) is 5.95. The molecule has 1 heterocycles. The van der Waals surface area contributed by atoms with Crippen LogP contribution in [0.2, 0.25) is 0 Å². The minimum absolute atomic E-state index is 0.902. The van der Waals surface area contributed by atoms with Crippen LogP contribution in [0.4, 0.5) is 11.5 Å². The maximum absolute atomic E-state index is 4.50. The number of hydrogen-bond acceptors (Lipinski definition) is 3. The van der Waals surface area contributed by atoms with E-state index in [1.807, 2.05) is 6.20 Å². The van der Waals surface area contributed by atoms with E-state index >= 15 is 0 Å². The second-order valence-corrected chi connectivity index (χ2v) is 5.95. The van der Waals surface area contributed by atoms with Crippen molar-refractivity contribution in [1.29, 1.82) is 0 Å². The van der Waals surface area contributed by atoms with Crippen molar-refractivity contribution >= 4 is 22.3 Å². The Kier molecular flexibility index (Phi) is 4.07. The van der Waals surface area contributed by atoms with Crippen LogP contribution < -0.4 is 5.32 Å². The third kappa shape index (κ3) is 3.26. The number of hydrogen-bond donors (Lipinski definition) is 1. The van der Waals surface area contributed by atoms with Crippen LogP contribution in [0.1, 0.15) is 11.1 Å². The van der Waals surface area contributed by atoms with Crippen molar-refractivity contribution in [3.8, 4) is 0 Å². The fraction of sp³-hybridized carbons (Fsp3) is 0.211. The molecule has 0 radical (unpaired) electrons. The van der Waals surface area contributed by atoms with Gasteiger partial charge in [0.15, 0.2) is 0 Å². The molecule has 1 N–H and O–H groups in total. The zero-order valence-electron chi connectivity index (χ0n) is 13.3. The van der Waals surface area contributed by atoms with Crippen molar-refractivity contribution in [2.45, 2.75) is 13.5 Å². The lowest BCUT2D eigenvalue weighted by Crippen LogP contribution is -2.10. The second kappa shape index (κ2) is 6.16. The van der Waals surface area contributed by atoms with Gasteiger partial charge in [0.25, 0.3) is 0 Å². The first-order valence-corrected chi connectivity index (χ1v) is 7.48. The lowest BCUT2D eigenvalue weighted by atomic mass is 10.1. The smallest absolute Gasteiger partial charge is 0.138 e. The van der Waals surface area contributed by atoms with E-state index in [0.717, 1.165) is 23.4 Å². The first-order chi connectivity index (χ1) is 10.6. The molecule has 3 nitrogen and oxygen atoms in total. The summed E-state index contributed by atoms with van der Waals surface area (Å²) in [6.07, 6.45) is 1.85. The van der Waals surface area contributed by atoms with Crippen LogP contribution in [0.5, 0.6) is 0 Å². The predicted octanol–water partition coefficient (Wildman–Crippen LogP) is 4.35. The normalized spacial score (nSPS) is 11.1. The lowest BCUT2D eigenvalue weighted by Gasteiger charge is -2.13. The van der Waals surface area contributed by atoms with Gasteiger partial charge in [0.1, 0.15) is 5.82 Å². The highest BCUT2D eigenvalue weighted by Crippen LogP contribution is 2.25. The highest BCUT2D eigenvalue weighted by Gasteiger charge is 2.04. The molecule has 0 aliphatic rings. The molecule has 0 fully saturated rings. The van der Waals surface area contributed by atoms with Crippen LogP contribution in [0.25, 0.3) is 10.8 Å². The Morgan fingerprint density at radius 3 is 2.73 bits per heavy atom. The summed E-state index contributed by atoms with van der Waals surface area (Å²) in [6.45, 7) is 3.04. The Morgan fingerprint density at radius 2 is 1.91 bits per heavy atom. The molecule has 0 saturated heterocycles. The van der Waals surface area contributed by atoms with Gasteiger partial charge in [0.05, 0.1) is 0 Å². The van der Waals surface area contributed by atoms with Gasteiger partial charge in [-0.25, -0.2) is 4.98 Å². The summed E-state index contributed by atoms with van der Waals surface area (Å²) in [6, 6.07) is 17.0. The molecule has 0 amide bonds. The number of nitrogens with one attached hydrogen (secondary N) is 1. The van der Waals surface area contributed by atoms with Crippen LogP contribution in [0, 0.1) is 6.92 Å². The van der Waals surface area contributed by atoms with Gasteiger partial charge in [-0.1, -0.05) is 35.9 Å². The fourth-order valence-electron chi connectivity index (χ4n) is 2.65. The molecule has 1 aromatic heterocycles. The van der Waals surface area contributed by atoms with Gasteiger partial charge in [0.2, 0.25) is 0 Å². The van der Waals surface area contributed by atoms with E-state index < -0.39 is 0 Å². The molecule has 112 valence electrons. The number of rotatable bonds is 4. The molecule has 3 aromatic rings. The van der Waals surface area contributed by atoms with Crippen molar-refractivity contribution in [2.24, 2.45) is 0 Å². The van der Waals surface area contributed by atoms with Crippen LogP contribution in [0.3, 0.4) is 0 Å². The molecule has 3 rings (SSSR count). The molecule has 0 spiro atoms. The average Bonchev–Trinajstić information content (AvgIpc) is 2.47. The average molecular weight is 291 g/mol. The van der Waals surface area contributed by atoms with Crippen molar-refractivity contribution in [3.63, 3.8) is 0 Å². The van der Waals surface area contributed by atoms with E-state index in [-0.39, 0.29) is 0 Å². The van der Waals surface area contributed by atoms with Crippen molar-refractivity contribution < 1.29 is 0 Å². The van der Waals surface area contributed by atoms with Crippen LogP contribution in [-0.2, 0) is 6.54 Å². The Morgan fingerprint density at radius 1 is 1.05 bits per heavy atom. The first-order valence-electron chi connectivity index (χ1n) is 7.48. The standard InChI is InChI=1S/C19H21N3/c1-14-7-8-18-16(11-14)9-10-20-19(18)21-17-6-4-5-15(12-17)13-22(2)3/h4-12H,13H2,1-3H3,(H,20,21). The van der Waals surface area contributed by atoms with E-state index in [2.05, 4.69) is 84.8 Å². The molecule has 0 bridgehead atoms. The number of aryl methyl sites for hydroxylation is 1. The molecular weight excluding hydrogens is 270 g/mol.